The van der Waals surface area contributed by atoms with Crippen LogP contribution in [0.15, 0.2) is 36.7 Å². The highest BCUT2D eigenvalue weighted by Gasteiger charge is 2.57. The van der Waals surface area contributed by atoms with Crippen LogP contribution in [0.3, 0.4) is 0 Å². The summed E-state index contributed by atoms with van der Waals surface area (Å²) in [5.74, 6) is 0.357. The van der Waals surface area contributed by atoms with Crippen molar-refractivity contribution in [2.24, 2.45) is 0 Å². The third kappa shape index (κ3) is 6.80. The molecule has 1 aromatic carbocycles. The number of aromatic nitrogens is 4. The van der Waals surface area contributed by atoms with E-state index in [0.717, 1.165) is 0 Å². The molecule has 0 bridgehead atoms. The molecule has 3 aromatic rings. The SMILES string of the molecule is CNc1nc(C)nc2c1ncn2[C@@H]1O[C@](CCl)(CO[P@](=S)(N[C@H](C)C(=O)OC(C)C)Oc2ccccc2)[C@@H](O)[C@H]1F. The van der Waals surface area contributed by atoms with Crippen LogP contribution in [0.4, 0.5) is 10.2 Å². The fraction of sp³-hybridized carbons (Fsp3) is 0.520. The van der Waals surface area contributed by atoms with E-state index >= 15 is 4.39 Å². The van der Waals surface area contributed by atoms with E-state index in [1.807, 2.05) is 0 Å². The van der Waals surface area contributed by atoms with Gasteiger partial charge in [-0.15, -0.1) is 11.6 Å². The number of anilines is 1. The molecule has 1 aliphatic heterocycles. The lowest BCUT2D eigenvalue weighted by atomic mass is 9.99. The van der Waals surface area contributed by atoms with Crippen LogP contribution < -0.4 is 14.9 Å². The number of ether oxygens (including phenoxy) is 2. The molecule has 0 radical (unpaired) electrons. The second kappa shape index (κ2) is 12.8. The molecule has 3 heterocycles. The molecule has 12 nitrogen and oxygen atoms in total. The number of nitrogens with zero attached hydrogens (tertiary/aromatic N) is 4. The maximum Gasteiger partial charge on any atom is 0.323 e. The molecule has 1 saturated heterocycles. The number of rotatable bonds is 12. The molecule has 1 aliphatic rings. The van der Waals surface area contributed by atoms with Crippen molar-refractivity contribution in [2.45, 2.75) is 63.9 Å². The summed E-state index contributed by atoms with van der Waals surface area (Å²) in [6, 6.07) is 7.72. The smallest absolute Gasteiger partial charge is 0.323 e. The van der Waals surface area contributed by atoms with Crippen molar-refractivity contribution in [2.75, 3.05) is 24.9 Å². The van der Waals surface area contributed by atoms with Crippen LogP contribution in [0.2, 0.25) is 0 Å². The van der Waals surface area contributed by atoms with Gasteiger partial charge in [-0.25, -0.2) is 24.4 Å². The molecular weight excluding hydrogens is 598 g/mol. The summed E-state index contributed by atoms with van der Waals surface area (Å²) in [5.41, 5.74) is -1.02. The zero-order valence-corrected chi connectivity index (χ0v) is 25.6. The van der Waals surface area contributed by atoms with E-state index in [-0.39, 0.29) is 12.0 Å². The molecule has 1 fully saturated rings. The number of esters is 1. The maximum absolute atomic E-state index is 15.7. The van der Waals surface area contributed by atoms with E-state index in [0.29, 0.717) is 28.6 Å². The molecule has 0 spiro atoms. The first-order chi connectivity index (χ1) is 19.4. The first-order valence-electron chi connectivity index (χ1n) is 12.8. The summed E-state index contributed by atoms with van der Waals surface area (Å²) in [5, 5.41) is 16.9. The lowest BCUT2D eigenvalue weighted by Crippen LogP contribution is -2.48. The molecular formula is C25H33ClFN6O6PS. The van der Waals surface area contributed by atoms with Gasteiger partial charge in [-0.3, -0.25) is 9.36 Å². The topological polar surface area (TPSA) is 142 Å². The number of fused-ring (bicyclic) bond motifs is 1. The predicted molar refractivity (Wildman–Crippen MR) is 155 cm³/mol. The standard InChI is InChI=1S/C25H33ClFN6O6PS/c1-14(2)37-24(35)15(3)32-40(41,39-17-9-7-6-8-10-17)36-12-25(11-26)20(34)18(27)23(38-25)33-13-29-19-21(28-5)30-16(4)31-22(19)33/h6-10,13-15,18,20,23,34H,11-12H2,1-5H3,(H,32,41)(H,28,30,31)/t15-,18-,20+,23-,25-,40-/m1/s1. The van der Waals surface area contributed by atoms with Gasteiger partial charge in [-0.1, -0.05) is 18.2 Å². The Balaban J connectivity index is 1.61. The van der Waals surface area contributed by atoms with Crippen LogP contribution in [0.25, 0.3) is 11.2 Å². The van der Waals surface area contributed by atoms with Crippen LogP contribution in [-0.2, 0) is 30.6 Å². The molecule has 16 heteroatoms. The molecule has 0 aliphatic carbocycles. The van der Waals surface area contributed by atoms with Gasteiger partial charge in [-0.05, 0) is 51.6 Å². The van der Waals surface area contributed by atoms with Gasteiger partial charge in [0.25, 0.3) is 0 Å². The molecule has 6 atom stereocenters. The second-order valence-electron chi connectivity index (χ2n) is 9.80. The Hall–Kier alpha value is -2.45. The largest absolute Gasteiger partial charge is 0.462 e. The highest BCUT2D eigenvalue weighted by Crippen LogP contribution is 2.49. The molecule has 41 heavy (non-hydrogen) atoms. The Kier molecular flexibility index (Phi) is 9.85. The average Bonchev–Trinajstić information content (AvgIpc) is 3.46. The van der Waals surface area contributed by atoms with Crippen molar-refractivity contribution in [1.29, 1.82) is 0 Å². The molecule has 4 rings (SSSR count). The van der Waals surface area contributed by atoms with Gasteiger partial charge in [0.05, 0.1) is 24.9 Å². The van der Waals surface area contributed by atoms with Gasteiger partial charge in [0.2, 0.25) is 0 Å². The Morgan fingerprint density at radius 3 is 2.66 bits per heavy atom. The zero-order valence-electron chi connectivity index (χ0n) is 23.2. The average molecular weight is 631 g/mol. The fourth-order valence-corrected chi connectivity index (χ4v) is 6.95. The molecule has 0 amide bonds. The van der Waals surface area contributed by atoms with Gasteiger partial charge in [0, 0.05) is 7.05 Å². The third-order valence-corrected chi connectivity index (χ3v) is 9.18. The summed E-state index contributed by atoms with van der Waals surface area (Å²) in [4.78, 5) is 25.5. The Labute approximate surface area is 247 Å². The number of aliphatic hydroxyl groups is 1. The number of alkyl halides is 2. The number of para-hydroxylation sites is 1. The minimum absolute atomic E-state index is 0.310. The minimum atomic E-state index is -3.52. The van der Waals surface area contributed by atoms with E-state index < -0.39 is 49.4 Å². The van der Waals surface area contributed by atoms with Crippen molar-refractivity contribution >= 4 is 53.0 Å². The number of aliphatic hydroxyl groups excluding tert-OH is 1. The number of aryl methyl sites for hydroxylation is 1. The van der Waals surface area contributed by atoms with Crippen molar-refractivity contribution in [1.82, 2.24) is 24.6 Å². The van der Waals surface area contributed by atoms with Crippen LogP contribution in [0.5, 0.6) is 5.75 Å². The lowest BCUT2D eigenvalue weighted by molar-refractivity contribution is -0.149. The number of nitrogens with one attached hydrogen (secondary N) is 2. The van der Waals surface area contributed by atoms with E-state index in [1.54, 1.807) is 65.1 Å². The fourth-order valence-electron chi connectivity index (χ4n) is 4.21. The van der Waals surface area contributed by atoms with Crippen LogP contribution in [-0.4, -0.2) is 80.2 Å². The van der Waals surface area contributed by atoms with Crippen LogP contribution in [0, 0.1) is 6.92 Å². The van der Waals surface area contributed by atoms with Crippen molar-refractivity contribution in [3.8, 4) is 5.75 Å². The number of imidazole rings is 1. The second-order valence-corrected chi connectivity index (χ2v) is 13.2. The third-order valence-electron chi connectivity index (χ3n) is 6.24. The first kappa shape index (κ1) is 31.5. The van der Waals surface area contributed by atoms with E-state index in [4.69, 9.17) is 41.9 Å². The highest BCUT2D eigenvalue weighted by molar-refractivity contribution is 8.09. The molecule has 0 unspecified atom stereocenters. The maximum atomic E-state index is 15.7. The Morgan fingerprint density at radius 2 is 2.02 bits per heavy atom. The highest BCUT2D eigenvalue weighted by atomic mass is 35.5. The molecule has 2 aromatic heterocycles. The molecule has 224 valence electrons. The van der Waals surface area contributed by atoms with E-state index in [1.165, 1.54) is 10.9 Å². The summed E-state index contributed by atoms with van der Waals surface area (Å²) < 4.78 is 40.5. The van der Waals surface area contributed by atoms with Crippen molar-refractivity contribution < 1.29 is 32.8 Å². The Bertz CT molecular complexity index is 1420. The predicted octanol–water partition coefficient (Wildman–Crippen LogP) is 3.63. The summed E-state index contributed by atoms with van der Waals surface area (Å²) in [6.45, 7) is 2.71. The number of benzene rings is 1. The first-order valence-corrected chi connectivity index (χ1v) is 16.0. The quantitative estimate of drug-likeness (QED) is 0.153. The minimum Gasteiger partial charge on any atom is -0.462 e. The van der Waals surface area contributed by atoms with Gasteiger partial charge in [0.1, 0.15) is 29.3 Å². The van der Waals surface area contributed by atoms with E-state index in [9.17, 15) is 9.90 Å². The summed E-state index contributed by atoms with van der Waals surface area (Å²) in [6.07, 6.45) is -3.96. The van der Waals surface area contributed by atoms with Gasteiger partial charge in [-0.2, -0.15) is 0 Å². The number of carbonyl (C=O) groups is 1. The molecule has 3 N–H and O–H groups in total. The van der Waals surface area contributed by atoms with Crippen LogP contribution >= 0.6 is 18.2 Å². The number of halogens is 2. The van der Waals surface area contributed by atoms with Crippen molar-refractivity contribution in [3.63, 3.8) is 0 Å². The van der Waals surface area contributed by atoms with Gasteiger partial charge >= 0.3 is 12.6 Å². The summed E-state index contributed by atoms with van der Waals surface area (Å²) >= 11 is 12.0. The van der Waals surface area contributed by atoms with Crippen LogP contribution in [0.1, 0.15) is 32.8 Å². The number of hydrogen-bond donors (Lipinski definition) is 3. The zero-order chi connectivity index (χ0) is 29.9. The number of carbonyl (C=O) groups excluding carboxylic acids is 1. The van der Waals surface area contributed by atoms with Crippen molar-refractivity contribution in [3.05, 3.63) is 42.5 Å². The lowest BCUT2D eigenvalue weighted by Gasteiger charge is -2.33. The molecule has 0 saturated carbocycles. The number of hydrogen-bond acceptors (Lipinski definition) is 11. The Morgan fingerprint density at radius 1 is 1.32 bits per heavy atom. The van der Waals surface area contributed by atoms with E-state index in [2.05, 4.69) is 25.4 Å². The van der Waals surface area contributed by atoms with Gasteiger partial charge in [0.15, 0.2) is 29.4 Å². The summed E-state index contributed by atoms with van der Waals surface area (Å²) in [7, 11) is 1.68. The monoisotopic (exact) mass is 630 g/mol. The van der Waals surface area contributed by atoms with Gasteiger partial charge < -0.3 is 28.9 Å². The normalized spacial score (nSPS) is 24.8.